The van der Waals surface area contributed by atoms with Gasteiger partial charge >= 0.3 is 0 Å². The van der Waals surface area contributed by atoms with E-state index in [4.69, 9.17) is 0 Å². The van der Waals surface area contributed by atoms with Crippen LogP contribution in [0.15, 0.2) is 30.5 Å². The van der Waals surface area contributed by atoms with Crippen LogP contribution in [0, 0.1) is 12.3 Å². The molecular weight excluding hydrogens is 208 g/mol. The lowest BCUT2D eigenvalue weighted by Crippen LogP contribution is -2.09. The third-order valence-corrected chi connectivity index (χ3v) is 2.77. The van der Waals surface area contributed by atoms with Crippen LogP contribution in [0.25, 0.3) is 11.3 Å². The van der Waals surface area contributed by atoms with Crippen LogP contribution >= 0.6 is 0 Å². The van der Waals surface area contributed by atoms with Gasteiger partial charge < -0.3 is 0 Å². The summed E-state index contributed by atoms with van der Waals surface area (Å²) in [5.41, 5.74) is 5.13. The number of benzene rings is 1. The molecule has 0 saturated carbocycles. The highest BCUT2D eigenvalue weighted by molar-refractivity contribution is 5.63. The van der Waals surface area contributed by atoms with Crippen molar-refractivity contribution < 1.29 is 0 Å². The van der Waals surface area contributed by atoms with Crippen LogP contribution in [0.2, 0.25) is 0 Å². The molecule has 0 saturated heterocycles. The summed E-state index contributed by atoms with van der Waals surface area (Å²) >= 11 is 0. The zero-order valence-electron chi connectivity index (χ0n) is 11.0. The van der Waals surface area contributed by atoms with Crippen molar-refractivity contribution in [1.82, 2.24) is 10.2 Å². The Morgan fingerprint density at radius 2 is 1.76 bits per heavy atom. The van der Waals surface area contributed by atoms with Crippen molar-refractivity contribution in [1.29, 1.82) is 0 Å². The van der Waals surface area contributed by atoms with E-state index in [2.05, 4.69) is 62.2 Å². The highest BCUT2D eigenvalue weighted by Gasteiger charge is 2.16. The minimum absolute atomic E-state index is 0.281. The molecule has 1 heterocycles. The molecule has 0 fully saturated rings. The molecule has 2 nitrogen and oxygen atoms in total. The Labute approximate surface area is 103 Å². The molecule has 0 aliphatic carbocycles. The molecular formula is C15H20N2. The van der Waals surface area contributed by atoms with Gasteiger partial charge in [0.15, 0.2) is 0 Å². The van der Waals surface area contributed by atoms with Gasteiger partial charge in [-0.15, -0.1) is 0 Å². The van der Waals surface area contributed by atoms with Crippen molar-refractivity contribution in [2.45, 2.75) is 34.1 Å². The van der Waals surface area contributed by atoms with Gasteiger partial charge in [-0.3, -0.25) is 5.10 Å². The number of nitrogens with one attached hydrogen (secondary N) is 1. The first-order chi connectivity index (χ1) is 7.96. The third kappa shape index (κ3) is 2.96. The Balaban J connectivity index is 2.33. The Hall–Kier alpha value is -1.57. The molecule has 0 unspecified atom stereocenters. The van der Waals surface area contributed by atoms with Gasteiger partial charge in [-0.2, -0.15) is 5.10 Å². The Morgan fingerprint density at radius 1 is 1.12 bits per heavy atom. The third-order valence-electron chi connectivity index (χ3n) is 2.77. The van der Waals surface area contributed by atoms with E-state index in [9.17, 15) is 0 Å². The van der Waals surface area contributed by atoms with Gasteiger partial charge in [-0.1, -0.05) is 50.6 Å². The van der Waals surface area contributed by atoms with Gasteiger partial charge in [0, 0.05) is 11.8 Å². The summed E-state index contributed by atoms with van der Waals surface area (Å²) in [4.78, 5) is 0. The molecule has 2 heteroatoms. The molecule has 0 spiro atoms. The van der Waals surface area contributed by atoms with Crippen LogP contribution in [0.5, 0.6) is 0 Å². The molecule has 2 aromatic rings. The fraction of sp³-hybridized carbons (Fsp3) is 0.400. The van der Waals surface area contributed by atoms with Crippen molar-refractivity contribution in [3.05, 3.63) is 41.6 Å². The smallest absolute Gasteiger partial charge is 0.0952 e. The second-order valence-electron chi connectivity index (χ2n) is 5.86. The summed E-state index contributed by atoms with van der Waals surface area (Å²) in [6.45, 7) is 8.85. The molecule has 1 N–H and O–H groups in total. The first-order valence-electron chi connectivity index (χ1n) is 6.05. The Kier molecular flexibility index (Phi) is 3.05. The monoisotopic (exact) mass is 228 g/mol. The van der Waals surface area contributed by atoms with Gasteiger partial charge in [0.25, 0.3) is 0 Å². The van der Waals surface area contributed by atoms with Crippen molar-refractivity contribution in [3.8, 4) is 11.3 Å². The van der Waals surface area contributed by atoms with Crippen LogP contribution in [-0.4, -0.2) is 10.2 Å². The van der Waals surface area contributed by atoms with E-state index in [1.165, 1.54) is 16.7 Å². The predicted octanol–water partition coefficient (Wildman–Crippen LogP) is 3.97. The molecule has 2 rings (SSSR count). The quantitative estimate of drug-likeness (QED) is 0.827. The van der Waals surface area contributed by atoms with Gasteiger partial charge in [0.2, 0.25) is 0 Å². The fourth-order valence-corrected chi connectivity index (χ4v) is 1.98. The average Bonchev–Trinajstić information content (AvgIpc) is 2.64. The summed E-state index contributed by atoms with van der Waals surface area (Å²) in [6.07, 6.45) is 3.05. The molecule has 17 heavy (non-hydrogen) atoms. The van der Waals surface area contributed by atoms with Crippen LogP contribution in [0.1, 0.15) is 31.9 Å². The van der Waals surface area contributed by atoms with Gasteiger partial charge in [-0.05, 0) is 24.3 Å². The molecule has 0 aliphatic heterocycles. The van der Waals surface area contributed by atoms with Crippen molar-refractivity contribution >= 4 is 0 Å². The van der Waals surface area contributed by atoms with Crippen LogP contribution in [0.4, 0.5) is 0 Å². The number of aromatic nitrogens is 2. The minimum Gasteiger partial charge on any atom is -0.285 e. The van der Waals surface area contributed by atoms with Gasteiger partial charge in [0.05, 0.1) is 5.69 Å². The second-order valence-corrected chi connectivity index (χ2v) is 5.86. The number of hydrogen-bond acceptors (Lipinski definition) is 1. The van der Waals surface area contributed by atoms with Crippen molar-refractivity contribution in [2.75, 3.05) is 0 Å². The van der Waals surface area contributed by atoms with Crippen molar-refractivity contribution in [3.63, 3.8) is 0 Å². The first-order valence-corrected chi connectivity index (χ1v) is 6.05. The van der Waals surface area contributed by atoms with Crippen LogP contribution < -0.4 is 0 Å². The largest absolute Gasteiger partial charge is 0.285 e. The van der Waals surface area contributed by atoms with E-state index >= 15 is 0 Å². The van der Waals surface area contributed by atoms with E-state index < -0.39 is 0 Å². The lowest BCUT2D eigenvalue weighted by molar-refractivity contribution is 0.412. The molecule has 0 aliphatic rings. The lowest BCUT2D eigenvalue weighted by atomic mass is 9.87. The summed E-state index contributed by atoms with van der Waals surface area (Å²) in [5.74, 6) is 0. The number of aryl methyl sites for hydroxylation is 1. The maximum Gasteiger partial charge on any atom is 0.0952 e. The molecule has 1 aromatic carbocycles. The van der Waals surface area contributed by atoms with E-state index in [0.29, 0.717) is 0 Å². The number of H-pyrrole nitrogens is 1. The van der Waals surface area contributed by atoms with E-state index in [1.54, 1.807) is 0 Å². The summed E-state index contributed by atoms with van der Waals surface area (Å²) < 4.78 is 0. The van der Waals surface area contributed by atoms with E-state index in [1.807, 2.05) is 6.20 Å². The zero-order chi connectivity index (χ0) is 12.5. The SMILES string of the molecule is Cc1ccc(-c2n[nH]cc2CC(C)(C)C)cc1. The topological polar surface area (TPSA) is 28.7 Å². The molecule has 1 aromatic heterocycles. The van der Waals surface area contributed by atoms with Crippen LogP contribution in [0.3, 0.4) is 0 Å². The van der Waals surface area contributed by atoms with Crippen molar-refractivity contribution in [2.24, 2.45) is 5.41 Å². The number of rotatable bonds is 2. The van der Waals surface area contributed by atoms with Crippen LogP contribution in [-0.2, 0) is 6.42 Å². The highest BCUT2D eigenvalue weighted by atomic mass is 15.1. The maximum atomic E-state index is 4.38. The predicted molar refractivity (Wildman–Crippen MR) is 71.9 cm³/mol. The van der Waals surface area contributed by atoms with E-state index in [-0.39, 0.29) is 5.41 Å². The zero-order valence-corrected chi connectivity index (χ0v) is 11.0. The highest BCUT2D eigenvalue weighted by Crippen LogP contribution is 2.27. The first kappa shape index (κ1) is 11.9. The molecule has 0 atom stereocenters. The standard InChI is InChI=1S/C15H20N2/c1-11-5-7-12(8-6-11)14-13(10-16-17-14)9-15(2,3)4/h5-8,10H,9H2,1-4H3,(H,16,17). The number of hydrogen-bond donors (Lipinski definition) is 1. The molecule has 90 valence electrons. The Morgan fingerprint density at radius 3 is 2.35 bits per heavy atom. The normalized spacial score (nSPS) is 11.8. The maximum absolute atomic E-state index is 4.38. The van der Waals surface area contributed by atoms with Gasteiger partial charge in [-0.25, -0.2) is 0 Å². The Bertz CT molecular complexity index is 486. The molecule has 0 bridgehead atoms. The summed E-state index contributed by atoms with van der Waals surface area (Å²) in [7, 11) is 0. The molecule has 0 amide bonds. The number of aromatic amines is 1. The fourth-order valence-electron chi connectivity index (χ4n) is 1.98. The van der Waals surface area contributed by atoms with Gasteiger partial charge in [0.1, 0.15) is 0 Å². The number of nitrogens with zero attached hydrogens (tertiary/aromatic N) is 1. The second kappa shape index (κ2) is 4.36. The van der Waals surface area contributed by atoms with E-state index in [0.717, 1.165) is 12.1 Å². The lowest BCUT2D eigenvalue weighted by Gasteiger charge is -2.17. The molecule has 0 radical (unpaired) electrons. The summed E-state index contributed by atoms with van der Waals surface area (Å²) in [5, 5.41) is 7.36. The average molecular weight is 228 g/mol. The minimum atomic E-state index is 0.281. The summed E-state index contributed by atoms with van der Waals surface area (Å²) in [6, 6.07) is 8.53.